The molecule has 0 saturated carbocycles. The van der Waals surface area contributed by atoms with Crippen LogP contribution in [0, 0.1) is 0 Å². The summed E-state index contributed by atoms with van der Waals surface area (Å²) in [5.41, 5.74) is 4.83. The Hall–Kier alpha value is -2.35. The molecule has 3 rings (SSSR count). The maximum Gasteiger partial charge on any atom is 0.427 e. The van der Waals surface area contributed by atoms with E-state index in [1.165, 1.54) is 0 Å². The second-order valence-corrected chi connectivity index (χ2v) is 4.04. The third kappa shape index (κ3) is 1.93. The molecule has 1 aliphatic heterocycles. The molecule has 94 valence electrons. The second kappa shape index (κ2) is 4.15. The first-order chi connectivity index (χ1) is 8.72. The summed E-state index contributed by atoms with van der Waals surface area (Å²) in [5.74, 6) is 0. The van der Waals surface area contributed by atoms with E-state index < -0.39 is 6.09 Å². The average Bonchev–Trinajstić information content (AvgIpc) is 2.94. The molecule has 2 aromatic rings. The second-order valence-electron chi connectivity index (χ2n) is 4.04. The number of carbonyl (C=O) groups excluding carboxylic acids is 1. The van der Waals surface area contributed by atoms with Gasteiger partial charge in [0, 0.05) is 0 Å². The minimum Gasteiger partial charge on any atom is -0.410 e. The SMILES string of the molecule is O=C1NC(CCc2ccc3c(c2)nnn3O)NO1. The zero-order valence-electron chi connectivity index (χ0n) is 9.33. The Morgan fingerprint density at radius 2 is 2.39 bits per heavy atom. The lowest BCUT2D eigenvalue weighted by Gasteiger charge is -2.07. The van der Waals surface area contributed by atoms with Crippen molar-refractivity contribution in [3.8, 4) is 0 Å². The first-order valence-electron chi connectivity index (χ1n) is 5.49. The number of hydrogen-bond donors (Lipinski definition) is 3. The minimum absolute atomic E-state index is 0.179. The third-order valence-electron chi connectivity index (χ3n) is 2.80. The number of benzene rings is 1. The smallest absolute Gasteiger partial charge is 0.410 e. The fraction of sp³-hybridized carbons (Fsp3) is 0.300. The van der Waals surface area contributed by atoms with Gasteiger partial charge >= 0.3 is 6.09 Å². The highest BCUT2D eigenvalue weighted by molar-refractivity contribution is 5.74. The van der Waals surface area contributed by atoms with Gasteiger partial charge in [0.1, 0.15) is 17.2 Å². The standard InChI is InChI=1S/C10H11N5O3/c16-10-11-9(13-18-10)4-2-6-1-3-8-7(5-6)12-14-15(8)17/h1,3,5,9,13,17H,2,4H2,(H,11,16). The van der Waals surface area contributed by atoms with Crippen molar-refractivity contribution in [1.29, 1.82) is 0 Å². The molecule has 18 heavy (non-hydrogen) atoms. The van der Waals surface area contributed by atoms with E-state index in [4.69, 9.17) is 0 Å². The number of hydrogen-bond acceptors (Lipinski definition) is 6. The molecule has 1 aliphatic rings. The molecule has 8 heteroatoms. The Kier molecular flexibility index (Phi) is 2.49. The Morgan fingerprint density at radius 3 is 3.17 bits per heavy atom. The number of fused-ring (bicyclic) bond motifs is 1. The quantitative estimate of drug-likeness (QED) is 0.670. The van der Waals surface area contributed by atoms with Crippen LogP contribution in [0.4, 0.5) is 4.79 Å². The van der Waals surface area contributed by atoms with Crippen LogP contribution in [0.1, 0.15) is 12.0 Å². The minimum atomic E-state index is -0.460. The van der Waals surface area contributed by atoms with E-state index in [0.29, 0.717) is 17.5 Å². The van der Waals surface area contributed by atoms with E-state index in [2.05, 4.69) is 25.9 Å². The Bertz CT molecular complexity index is 596. The van der Waals surface area contributed by atoms with Crippen LogP contribution in [0.25, 0.3) is 11.0 Å². The summed E-state index contributed by atoms with van der Waals surface area (Å²) in [6, 6.07) is 5.49. The monoisotopic (exact) mass is 249 g/mol. The van der Waals surface area contributed by atoms with Gasteiger partial charge in [-0.2, -0.15) is 0 Å². The number of rotatable bonds is 3. The number of hydroxylamine groups is 1. The summed E-state index contributed by atoms with van der Waals surface area (Å²) in [5, 5.41) is 19.3. The molecule has 0 aliphatic carbocycles. The first-order valence-corrected chi connectivity index (χ1v) is 5.49. The predicted molar refractivity (Wildman–Crippen MR) is 59.6 cm³/mol. The van der Waals surface area contributed by atoms with E-state index in [9.17, 15) is 10.0 Å². The largest absolute Gasteiger partial charge is 0.427 e. The lowest BCUT2D eigenvalue weighted by atomic mass is 10.1. The van der Waals surface area contributed by atoms with Crippen molar-refractivity contribution in [1.82, 2.24) is 26.0 Å². The number of aryl methyl sites for hydroxylation is 1. The Labute approximate surface area is 101 Å². The van der Waals surface area contributed by atoms with Crippen molar-refractivity contribution in [2.24, 2.45) is 0 Å². The highest BCUT2D eigenvalue weighted by Gasteiger charge is 2.21. The molecule has 1 unspecified atom stereocenters. The van der Waals surface area contributed by atoms with Gasteiger partial charge in [-0.25, -0.2) is 4.79 Å². The van der Waals surface area contributed by atoms with Gasteiger partial charge in [-0.1, -0.05) is 10.9 Å². The fourth-order valence-electron chi connectivity index (χ4n) is 1.88. The van der Waals surface area contributed by atoms with Crippen molar-refractivity contribution < 1.29 is 14.8 Å². The van der Waals surface area contributed by atoms with E-state index in [1.54, 1.807) is 6.07 Å². The van der Waals surface area contributed by atoms with Crippen LogP contribution in [-0.2, 0) is 11.3 Å². The molecule has 8 nitrogen and oxygen atoms in total. The van der Waals surface area contributed by atoms with Crippen LogP contribution in [-0.4, -0.2) is 32.6 Å². The maximum absolute atomic E-state index is 10.8. The molecule has 1 aromatic carbocycles. The van der Waals surface area contributed by atoms with Gasteiger partial charge < -0.3 is 15.4 Å². The predicted octanol–water partition coefficient (Wildman–Crippen LogP) is 0.172. The van der Waals surface area contributed by atoms with E-state index in [-0.39, 0.29) is 6.17 Å². The van der Waals surface area contributed by atoms with Gasteiger partial charge in [-0.05, 0) is 35.8 Å². The van der Waals surface area contributed by atoms with E-state index in [0.717, 1.165) is 16.8 Å². The molecule has 1 fully saturated rings. The van der Waals surface area contributed by atoms with Crippen molar-refractivity contribution in [3.63, 3.8) is 0 Å². The molecule has 3 N–H and O–H groups in total. The fourth-order valence-corrected chi connectivity index (χ4v) is 1.88. The molecule has 0 spiro atoms. The van der Waals surface area contributed by atoms with Crippen LogP contribution in [0.3, 0.4) is 0 Å². The average molecular weight is 249 g/mol. The molecule has 1 atom stereocenters. The normalized spacial score (nSPS) is 18.9. The topological polar surface area (TPSA) is 101 Å². The molecular weight excluding hydrogens is 238 g/mol. The van der Waals surface area contributed by atoms with Crippen LogP contribution in [0.2, 0.25) is 0 Å². The third-order valence-corrected chi connectivity index (χ3v) is 2.80. The van der Waals surface area contributed by atoms with Crippen LogP contribution < -0.4 is 10.8 Å². The van der Waals surface area contributed by atoms with E-state index >= 15 is 0 Å². The van der Waals surface area contributed by atoms with Gasteiger partial charge in [0.15, 0.2) is 0 Å². The summed E-state index contributed by atoms with van der Waals surface area (Å²) < 4.78 is 0. The van der Waals surface area contributed by atoms with Crippen molar-refractivity contribution in [3.05, 3.63) is 23.8 Å². The summed E-state index contributed by atoms with van der Waals surface area (Å²) in [6.45, 7) is 0. The Balaban J connectivity index is 1.69. The zero-order valence-corrected chi connectivity index (χ0v) is 9.33. The summed E-state index contributed by atoms with van der Waals surface area (Å²) in [4.78, 5) is 16.1. The number of carbonyl (C=O) groups is 1. The summed E-state index contributed by atoms with van der Waals surface area (Å²) in [7, 11) is 0. The van der Waals surface area contributed by atoms with Crippen molar-refractivity contribution in [2.75, 3.05) is 0 Å². The number of amides is 1. The van der Waals surface area contributed by atoms with E-state index in [1.807, 2.05) is 12.1 Å². The van der Waals surface area contributed by atoms with Gasteiger partial charge in [0.05, 0.1) is 0 Å². The molecular formula is C10H11N5O3. The summed E-state index contributed by atoms with van der Waals surface area (Å²) >= 11 is 0. The molecule has 0 bridgehead atoms. The van der Waals surface area contributed by atoms with Gasteiger partial charge in [-0.3, -0.25) is 0 Å². The molecule has 1 aromatic heterocycles. The van der Waals surface area contributed by atoms with Crippen LogP contribution in [0.5, 0.6) is 0 Å². The Morgan fingerprint density at radius 1 is 1.50 bits per heavy atom. The van der Waals surface area contributed by atoms with Gasteiger partial charge in [-0.15, -0.1) is 10.6 Å². The molecule has 1 saturated heterocycles. The van der Waals surface area contributed by atoms with Crippen LogP contribution in [0.15, 0.2) is 18.2 Å². The van der Waals surface area contributed by atoms with Crippen molar-refractivity contribution in [2.45, 2.75) is 19.0 Å². The molecule has 2 heterocycles. The highest BCUT2D eigenvalue weighted by Crippen LogP contribution is 2.14. The zero-order chi connectivity index (χ0) is 12.5. The van der Waals surface area contributed by atoms with Crippen molar-refractivity contribution >= 4 is 17.1 Å². The number of nitrogens with zero attached hydrogens (tertiary/aromatic N) is 3. The van der Waals surface area contributed by atoms with Crippen LogP contribution >= 0.6 is 0 Å². The highest BCUT2D eigenvalue weighted by atomic mass is 16.7. The molecule has 0 radical (unpaired) electrons. The van der Waals surface area contributed by atoms with Gasteiger partial charge in [0.25, 0.3) is 0 Å². The molecule has 1 amide bonds. The number of nitrogens with one attached hydrogen (secondary N) is 2. The number of aromatic nitrogens is 3. The lowest BCUT2D eigenvalue weighted by molar-refractivity contribution is 0.120. The van der Waals surface area contributed by atoms with Gasteiger partial charge in [0.2, 0.25) is 0 Å². The maximum atomic E-state index is 10.8. The summed E-state index contributed by atoms with van der Waals surface area (Å²) in [6.07, 6.45) is 0.806. The first kappa shape index (κ1) is 10.8. The lowest BCUT2D eigenvalue weighted by Crippen LogP contribution is -2.31.